The minimum atomic E-state index is -0.125. The first-order valence-corrected chi connectivity index (χ1v) is 12.9. The molecule has 0 spiro atoms. The molecular formula is C29H41N3O4. The molecule has 2 aromatic carbocycles. The van der Waals surface area contributed by atoms with E-state index in [1.165, 1.54) is 5.56 Å². The molecule has 3 rings (SSSR count). The fraction of sp³-hybridized carbons (Fsp3) is 0.517. The van der Waals surface area contributed by atoms with Gasteiger partial charge in [-0.1, -0.05) is 44.2 Å². The van der Waals surface area contributed by atoms with Crippen molar-refractivity contribution in [1.82, 2.24) is 9.80 Å². The van der Waals surface area contributed by atoms with Gasteiger partial charge in [-0.15, -0.1) is 0 Å². The number of ether oxygens (including phenoxy) is 2. The standard InChI is InChI=1S/C29H41N3O4/c1-6-10-28(33)30-24-13-14-25-26(17-24)36-20-22(3)32(16-15-23-11-8-7-9-12-23)18-21(2)27(35-5)19-31(4)29(25)34/h7-9,11-14,17,21-22,27H,6,10,15-16,18-20H2,1-5H3,(H,30,33)/t21-,22-,27-/m1/s1. The van der Waals surface area contributed by atoms with Gasteiger partial charge >= 0.3 is 0 Å². The second kappa shape index (κ2) is 13.4. The van der Waals surface area contributed by atoms with Gasteiger partial charge in [-0.05, 0) is 43.4 Å². The topological polar surface area (TPSA) is 71.1 Å². The summed E-state index contributed by atoms with van der Waals surface area (Å²) in [6, 6.07) is 15.9. The second-order valence-electron chi connectivity index (χ2n) is 9.84. The molecule has 1 N–H and O–H groups in total. The summed E-state index contributed by atoms with van der Waals surface area (Å²) >= 11 is 0. The van der Waals surface area contributed by atoms with Gasteiger partial charge in [0.05, 0.1) is 11.7 Å². The lowest BCUT2D eigenvalue weighted by Crippen LogP contribution is -2.47. The van der Waals surface area contributed by atoms with Crippen LogP contribution in [0, 0.1) is 5.92 Å². The van der Waals surface area contributed by atoms with Crippen molar-refractivity contribution >= 4 is 17.5 Å². The molecule has 0 bridgehead atoms. The number of methoxy groups -OCH3 is 1. The molecule has 0 aliphatic carbocycles. The molecule has 2 aromatic rings. The van der Waals surface area contributed by atoms with Gasteiger partial charge in [-0.25, -0.2) is 0 Å². The summed E-state index contributed by atoms with van der Waals surface area (Å²) in [5.41, 5.74) is 2.42. The van der Waals surface area contributed by atoms with Crippen LogP contribution in [0.4, 0.5) is 5.69 Å². The zero-order chi connectivity index (χ0) is 26.1. The van der Waals surface area contributed by atoms with E-state index in [-0.39, 0.29) is 29.9 Å². The van der Waals surface area contributed by atoms with Crippen molar-refractivity contribution in [2.24, 2.45) is 5.92 Å². The monoisotopic (exact) mass is 495 g/mol. The number of amides is 2. The van der Waals surface area contributed by atoms with Crippen LogP contribution in [-0.4, -0.2) is 74.2 Å². The Morgan fingerprint density at radius 1 is 1.14 bits per heavy atom. The maximum atomic E-state index is 13.4. The molecule has 0 saturated heterocycles. The van der Waals surface area contributed by atoms with Gasteiger partial charge in [-0.2, -0.15) is 0 Å². The predicted octanol–water partition coefficient (Wildman–Crippen LogP) is 4.47. The summed E-state index contributed by atoms with van der Waals surface area (Å²) in [4.78, 5) is 29.6. The molecule has 7 heteroatoms. The highest BCUT2D eigenvalue weighted by atomic mass is 16.5. The third-order valence-electron chi connectivity index (χ3n) is 6.87. The minimum absolute atomic E-state index is 0.0496. The third kappa shape index (κ3) is 7.55. The summed E-state index contributed by atoms with van der Waals surface area (Å²) in [6.07, 6.45) is 2.06. The highest BCUT2D eigenvalue weighted by Crippen LogP contribution is 2.27. The van der Waals surface area contributed by atoms with Crippen molar-refractivity contribution in [1.29, 1.82) is 0 Å². The lowest BCUT2D eigenvalue weighted by atomic mass is 10.0. The normalized spacial score (nSPS) is 21.6. The largest absolute Gasteiger partial charge is 0.491 e. The Kier molecular flexibility index (Phi) is 10.3. The Morgan fingerprint density at radius 3 is 2.58 bits per heavy atom. The highest BCUT2D eigenvalue weighted by Gasteiger charge is 2.28. The van der Waals surface area contributed by atoms with Crippen molar-refractivity contribution < 1.29 is 19.1 Å². The SMILES string of the molecule is CCCC(=O)Nc1ccc2c(c1)OC[C@@H](C)N(CCc1ccccc1)C[C@@H](C)[C@H](OC)CN(C)C2=O. The van der Waals surface area contributed by atoms with Gasteiger partial charge < -0.3 is 19.7 Å². The third-order valence-corrected chi connectivity index (χ3v) is 6.87. The van der Waals surface area contributed by atoms with Crippen molar-refractivity contribution in [2.75, 3.05) is 45.7 Å². The average Bonchev–Trinajstić information content (AvgIpc) is 2.87. The smallest absolute Gasteiger partial charge is 0.257 e. The van der Waals surface area contributed by atoms with Crippen LogP contribution in [-0.2, 0) is 16.0 Å². The molecule has 1 aliphatic heterocycles. The molecule has 0 unspecified atom stereocenters. The zero-order valence-electron chi connectivity index (χ0n) is 22.3. The molecule has 1 aliphatic rings. The molecule has 0 radical (unpaired) electrons. The first kappa shape index (κ1) is 27.7. The number of rotatable bonds is 7. The molecule has 2 amide bonds. The maximum absolute atomic E-state index is 13.4. The van der Waals surface area contributed by atoms with Crippen LogP contribution in [0.3, 0.4) is 0 Å². The lowest BCUT2D eigenvalue weighted by Gasteiger charge is -2.36. The van der Waals surface area contributed by atoms with Gasteiger partial charge in [0.2, 0.25) is 5.91 Å². The van der Waals surface area contributed by atoms with E-state index in [0.717, 1.165) is 25.9 Å². The molecule has 1 heterocycles. The maximum Gasteiger partial charge on any atom is 0.257 e. The number of hydrogen-bond acceptors (Lipinski definition) is 5. The van der Waals surface area contributed by atoms with Crippen LogP contribution in [0.1, 0.15) is 49.5 Å². The van der Waals surface area contributed by atoms with Gasteiger partial charge in [0.15, 0.2) is 0 Å². The Balaban J connectivity index is 1.87. The Bertz CT molecular complexity index is 997. The van der Waals surface area contributed by atoms with Crippen molar-refractivity contribution in [3.63, 3.8) is 0 Å². The van der Waals surface area contributed by atoms with Crippen LogP contribution in [0.25, 0.3) is 0 Å². The van der Waals surface area contributed by atoms with E-state index in [1.807, 2.05) is 13.0 Å². The summed E-state index contributed by atoms with van der Waals surface area (Å²) in [6.45, 7) is 8.93. The number of fused-ring (bicyclic) bond motifs is 1. The molecule has 0 fully saturated rings. The molecule has 7 nitrogen and oxygen atoms in total. The fourth-order valence-electron chi connectivity index (χ4n) is 4.60. The van der Waals surface area contributed by atoms with Crippen LogP contribution < -0.4 is 10.1 Å². The Morgan fingerprint density at radius 2 is 1.89 bits per heavy atom. The van der Waals surface area contributed by atoms with Gasteiger partial charge in [0.1, 0.15) is 12.4 Å². The van der Waals surface area contributed by atoms with Gasteiger partial charge in [0, 0.05) is 58.0 Å². The van der Waals surface area contributed by atoms with Crippen LogP contribution in [0.15, 0.2) is 48.5 Å². The number of nitrogens with one attached hydrogen (secondary N) is 1. The summed E-state index contributed by atoms with van der Waals surface area (Å²) in [7, 11) is 3.51. The molecular weight excluding hydrogens is 454 g/mol. The van der Waals surface area contributed by atoms with Crippen molar-refractivity contribution in [2.45, 2.75) is 52.2 Å². The molecule has 3 atom stereocenters. The Labute approximate surface area is 215 Å². The van der Waals surface area contributed by atoms with E-state index in [9.17, 15) is 9.59 Å². The second-order valence-corrected chi connectivity index (χ2v) is 9.84. The quantitative estimate of drug-likeness (QED) is 0.614. The van der Waals surface area contributed by atoms with E-state index < -0.39 is 0 Å². The Hall–Kier alpha value is -2.90. The molecule has 36 heavy (non-hydrogen) atoms. The van der Waals surface area contributed by atoms with Gasteiger partial charge in [-0.3, -0.25) is 14.5 Å². The number of benzene rings is 2. The average molecular weight is 496 g/mol. The molecule has 0 aromatic heterocycles. The number of carbonyl (C=O) groups excluding carboxylic acids is 2. The minimum Gasteiger partial charge on any atom is -0.491 e. The van der Waals surface area contributed by atoms with Gasteiger partial charge in [0.25, 0.3) is 5.91 Å². The highest BCUT2D eigenvalue weighted by molar-refractivity contribution is 5.98. The fourth-order valence-corrected chi connectivity index (χ4v) is 4.60. The first-order chi connectivity index (χ1) is 17.3. The first-order valence-electron chi connectivity index (χ1n) is 12.9. The summed E-state index contributed by atoms with van der Waals surface area (Å²) < 4.78 is 12.1. The van der Waals surface area contributed by atoms with Crippen LogP contribution in [0.2, 0.25) is 0 Å². The van der Waals surface area contributed by atoms with Crippen LogP contribution >= 0.6 is 0 Å². The summed E-state index contributed by atoms with van der Waals surface area (Å²) in [5.74, 6) is 0.531. The molecule has 0 saturated carbocycles. The lowest BCUT2D eigenvalue weighted by molar-refractivity contribution is -0.116. The van der Waals surface area contributed by atoms with Crippen molar-refractivity contribution in [3.05, 3.63) is 59.7 Å². The van der Waals surface area contributed by atoms with Crippen molar-refractivity contribution in [3.8, 4) is 5.75 Å². The van der Waals surface area contributed by atoms with E-state index >= 15 is 0 Å². The van der Waals surface area contributed by atoms with E-state index in [0.29, 0.717) is 36.6 Å². The number of carbonyl (C=O) groups is 2. The number of anilines is 1. The van der Waals surface area contributed by atoms with E-state index in [4.69, 9.17) is 9.47 Å². The number of hydrogen-bond donors (Lipinski definition) is 1. The summed E-state index contributed by atoms with van der Waals surface area (Å²) in [5, 5.41) is 2.91. The van der Waals surface area contributed by atoms with Crippen LogP contribution in [0.5, 0.6) is 5.75 Å². The number of likely N-dealkylation sites (N-methyl/N-ethyl adjacent to an activating group) is 1. The number of nitrogens with zero attached hydrogens (tertiary/aromatic N) is 2. The zero-order valence-corrected chi connectivity index (χ0v) is 22.3. The predicted molar refractivity (Wildman–Crippen MR) is 144 cm³/mol. The van der Waals surface area contributed by atoms with E-state index in [1.54, 1.807) is 37.3 Å². The molecule has 196 valence electrons. The van der Waals surface area contributed by atoms with E-state index in [2.05, 4.69) is 48.3 Å².